The van der Waals surface area contributed by atoms with Crippen LogP contribution in [0.4, 0.5) is 0 Å². The Morgan fingerprint density at radius 1 is 0.625 bits per heavy atom. The smallest absolute Gasteiger partial charge is 0.116 e. The second-order valence-corrected chi connectivity index (χ2v) is 5.37. The van der Waals surface area contributed by atoms with Crippen molar-refractivity contribution in [1.29, 1.82) is 0 Å². The third-order valence-electron chi connectivity index (χ3n) is 3.77. The van der Waals surface area contributed by atoms with Crippen molar-refractivity contribution in [1.82, 2.24) is 0 Å². The zero-order valence-electron chi connectivity index (χ0n) is 13.0. The summed E-state index contributed by atoms with van der Waals surface area (Å²) in [6.07, 6.45) is 0. The minimum Gasteiger partial charge on any atom is -0.508 e. The molecular weight excluding hydrogens is 308 g/mol. The van der Waals surface area contributed by atoms with Gasteiger partial charge in [-0.15, -0.1) is 0 Å². The van der Waals surface area contributed by atoms with Crippen molar-refractivity contribution in [3.8, 4) is 22.6 Å². The molecule has 0 aliphatic heterocycles. The number of phenols is 2. The van der Waals surface area contributed by atoms with Gasteiger partial charge in [-0.05, 0) is 35.4 Å². The molecular formula is C18H18N2O4. The molecule has 2 aromatic rings. The summed E-state index contributed by atoms with van der Waals surface area (Å²) in [7, 11) is 0. The molecule has 0 atom stereocenters. The van der Waals surface area contributed by atoms with E-state index >= 15 is 0 Å². The Morgan fingerprint density at radius 3 is 1.42 bits per heavy atom. The SMILES string of the molecule is OCCN=C1C(=NCCO)c2cc(O)ccc2-c2ccc(O)cc21. The fraction of sp³-hybridized carbons (Fsp3) is 0.222. The average molecular weight is 326 g/mol. The zero-order valence-corrected chi connectivity index (χ0v) is 13.0. The molecule has 0 heterocycles. The summed E-state index contributed by atoms with van der Waals surface area (Å²) < 4.78 is 0. The molecule has 0 saturated carbocycles. The quantitative estimate of drug-likeness (QED) is 0.680. The fourth-order valence-electron chi connectivity index (χ4n) is 2.82. The van der Waals surface area contributed by atoms with E-state index in [9.17, 15) is 10.2 Å². The molecule has 0 unspecified atom stereocenters. The van der Waals surface area contributed by atoms with Gasteiger partial charge in [0.05, 0.1) is 37.7 Å². The van der Waals surface area contributed by atoms with Crippen molar-refractivity contribution in [2.75, 3.05) is 26.3 Å². The summed E-state index contributed by atoms with van der Waals surface area (Å²) in [6.45, 7) is 0.156. The first-order valence-electron chi connectivity index (χ1n) is 7.64. The zero-order chi connectivity index (χ0) is 17.1. The van der Waals surface area contributed by atoms with Crippen LogP contribution in [-0.4, -0.2) is 58.2 Å². The number of aromatic hydroxyl groups is 2. The third-order valence-corrected chi connectivity index (χ3v) is 3.77. The Bertz CT molecular complexity index is 758. The number of aliphatic hydroxyl groups is 2. The molecule has 1 aliphatic rings. The van der Waals surface area contributed by atoms with Crippen LogP contribution in [0.5, 0.6) is 11.5 Å². The van der Waals surface area contributed by atoms with Gasteiger partial charge in [0.2, 0.25) is 0 Å². The van der Waals surface area contributed by atoms with Crippen LogP contribution in [0.15, 0.2) is 46.4 Å². The highest BCUT2D eigenvalue weighted by molar-refractivity contribution is 6.57. The van der Waals surface area contributed by atoms with Crippen LogP contribution in [-0.2, 0) is 0 Å². The predicted molar refractivity (Wildman–Crippen MR) is 92.2 cm³/mol. The van der Waals surface area contributed by atoms with E-state index in [2.05, 4.69) is 9.98 Å². The molecule has 6 heteroatoms. The minimum absolute atomic E-state index is 0.106. The van der Waals surface area contributed by atoms with Gasteiger partial charge in [0.1, 0.15) is 11.5 Å². The lowest BCUT2D eigenvalue weighted by atomic mass is 9.82. The molecule has 1 aliphatic carbocycles. The highest BCUT2D eigenvalue weighted by Gasteiger charge is 2.27. The molecule has 0 radical (unpaired) electrons. The highest BCUT2D eigenvalue weighted by Crippen LogP contribution is 2.37. The molecule has 0 spiro atoms. The molecule has 4 N–H and O–H groups in total. The molecule has 2 aromatic carbocycles. The van der Waals surface area contributed by atoms with Gasteiger partial charge in [0, 0.05) is 11.1 Å². The van der Waals surface area contributed by atoms with E-state index in [1.165, 1.54) is 0 Å². The maximum absolute atomic E-state index is 9.86. The first kappa shape index (κ1) is 16.2. The Morgan fingerprint density at radius 2 is 1.04 bits per heavy atom. The number of aliphatic imine (C=N–C) groups is 2. The van der Waals surface area contributed by atoms with Gasteiger partial charge < -0.3 is 20.4 Å². The van der Waals surface area contributed by atoms with E-state index in [0.29, 0.717) is 22.6 Å². The maximum atomic E-state index is 9.86. The third kappa shape index (κ3) is 2.89. The van der Waals surface area contributed by atoms with E-state index in [1.54, 1.807) is 36.4 Å². The second kappa shape index (κ2) is 6.82. The van der Waals surface area contributed by atoms with Gasteiger partial charge in [-0.3, -0.25) is 9.98 Å². The molecule has 0 fully saturated rings. The monoisotopic (exact) mass is 326 g/mol. The second-order valence-electron chi connectivity index (χ2n) is 5.37. The molecule has 24 heavy (non-hydrogen) atoms. The number of fused-ring (bicyclic) bond motifs is 3. The van der Waals surface area contributed by atoms with Crippen LogP contribution in [0.3, 0.4) is 0 Å². The van der Waals surface area contributed by atoms with Crippen LogP contribution in [0.2, 0.25) is 0 Å². The van der Waals surface area contributed by atoms with E-state index < -0.39 is 0 Å². The first-order chi connectivity index (χ1) is 11.7. The Hall–Kier alpha value is -2.70. The summed E-state index contributed by atoms with van der Waals surface area (Å²) in [5, 5.41) is 38.0. The van der Waals surface area contributed by atoms with Gasteiger partial charge in [-0.2, -0.15) is 0 Å². The minimum atomic E-state index is -0.113. The normalized spacial score (nSPS) is 16.2. The number of hydrogen-bond acceptors (Lipinski definition) is 6. The molecule has 0 saturated heterocycles. The first-order valence-corrected chi connectivity index (χ1v) is 7.64. The molecule has 0 bridgehead atoms. The van der Waals surface area contributed by atoms with Crippen LogP contribution in [0, 0.1) is 0 Å². The molecule has 6 nitrogen and oxygen atoms in total. The summed E-state index contributed by atoms with van der Waals surface area (Å²) in [4.78, 5) is 8.82. The Balaban J connectivity index is 2.31. The topological polar surface area (TPSA) is 106 Å². The van der Waals surface area contributed by atoms with Crippen LogP contribution in [0.25, 0.3) is 11.1 Å². The standard InChI is InChI=1S/C18H18N2O4/c21-7-5-19-17-15-9-11(23)1-3-13(15)14-4-2-12(24)10-16(14)18(17)20-6-8-22/h1-4,9-10,21-24H,5-8H2. The van der Waals surface area contributed by atoms with E-state index in [-0.39, 0.29) is 37.8 Å². The Kier molecular flexibility index (Phi) is 4.59. The van der Waals surface area contributed by atoms with Crippen molar-refractivity contribution in [3.63, 3.8) is 0 Å². The van der Waals surface area contributed by atoms with Gasteiger partial charge in [-0.25, -0.2) is 0 Å². The average Bonchev–Trinajstić information content (AvgIpc) is 2.58. The fourth-order valence-corrected chi connectivity index (χ4v) is 2.82. The van der Waals surface area contributed by atoms with Crippen LogP contribution >= 0.6 is 0 Å². The lowest BCUT2D eigenvalue weighted by Crippen LogP contribution is -2.25. The number of hydrogen-bond donors (Lipinski definition) is 4. The van der Waals surface area contributed by atoms with E-state index in [1.807, 2.05) is 0 Å². The summed E-state index contributed by atoms with van der Waals surface area (Å²) in [6, 6.07) is 9.98. The molecule has 0 amide bonds. The van der Waals surface area contributed by atoms with E-state index in [4.69, 9.17) is 10.2 Å². The molecule has 0 aromatic heterocycles. The largest absolute Gasteiger partial charge is 0.508 e. The highest BCUT2D eigenvalue weighted by atomic mass is 16.3. The van der Waals surface area contributed by atoms with Gasteiger partial charge in [0.15, 0.2) is 0 Å². The maximum Gasteiger partial charge on any atom is 0.116 e. The predicted octanol–water partition coefficient (Wildman–Crippen LogP) is 1.34. The van der Waals surface area contributed by atoms with Crippen molar-refractivity contribution in [3.05, 3.63) is 47.5 Å². The van der Waals surface area contributed by atoms with Crippen molar-refractivity contribution in [2.45, 2.75) is 0 Å². The number of rotatable bonds is 4. The Labute approximate surface area is 139 Å². The van der Waals surface area contributed by atoms with E-state index in [0.717, 1.165) is 11.1 Å². The number of phenolic OH excluding ortho intramolecular Hbond substituents is 2. The van der Waals surface area contributed by atoms with Gasteiger partial charge in [0.25, 0.3) is 0 Å². The van der Waals surface area contributed by atoms with Gasteiger partial charge in [-0.1, -0.05) is 12.1 Å². The molecule has 124 valence electrons. The van der Waals surface area contributed by atoms with Crippen molar-refractivity contribution in [2.24, 2.45) is 9.98 Å². The van der Waals surface area contributed by atoms with Crippen LogP contribution < -0.4 is 0 Å². The summed E-state index contributed by atoms with van der Waals surface area (Å²) >= 11 is 0. The van der Waals surface area contributed by atoms with Crippen LogP contribution in [0.1, 0.15) is 11.1 Å². The lowest BCUT2D eigenvalue weighted by Gasteiger charge is -2.24. The number of benzene rings is 2. The van der Waals surface area contributed by atoms with Gasteiger partial charge >= 0.3 is 0 Å². The molecule has 3 rings (SSSR count). The number of nitrogens with zero attached hydrogens (tertiary/aromatic N) is 2. The lowest BCUT2D eigenvalue weighted by molar-refractivity contribution is 0.306. The summed E-state index contributed by atoms with van der Waals surface area (Å²) in [5.41, 5.74) is 4.20. The summed E-state index contributed by atoms with van der Waals surface area (Å²) in [5.74, 6) is 0.211. The number of aliphatic hydroxyl groups excluding tert-OH is 2. The van der Waals surface area contributed by atoms with Crippen molar-refractivity contribution >= 4 is 11.4 Å². The van der Waals surface area contributed by atoms with Crippen molar-refractivity contribution < 1.29 is 20.4 Å².